The first kappa shape index (κ1) is 13.7. The smallest absolute Gasteiger partial charge is 0.173 e. The largest absolute Gasteiger partial charge is 0.293 e. The van der Waals surface area contributed by atoms with Crippen LogP contribution in [0.1, 0.15) is 15.9 Å². The zero-order valence-corrected chi connectivity index (χ0v) is 11.1. The van der Waals surface area contributed by atoms with Crippen molar-refractivity contribution in [3.63, 3.8) is 0 Å². The molecule has 2 aromatic carbocycles. The van der Waals surface area contributed by atoms with Gasteiger partial charge in [-0.1, -0.05) is 12.1 Å². The van der Waals surface area contributed by atoms with Crippen LogP contribution in [0, 0.1) is 18.6 Å². The lowest BCUT2D eigenvalue weighted by Crippen LogP contribution is -2.03. The quantitative estimate of drug-likeness (QED) is 0.614. The number of ketones is 1. The monoisotopic (exact) mass is 278 g/mol. The maximum atomic E-state index is 13.3. The third-order valence-corrected chi connectivity index (χ3v) is 3.69. The SMILES string of the molecule is Cc1ccc(C(=O)CSc2ccc(F)cc2)cc1F. The second-order valence-electron chi connectivity index (χ2n) is 4.13. The van der Waals surface area contributed by atoms with E-state index < -0.39 is 0 Å². The van der Waals surface area contributed by atoms with Crippen LogP contribution in [-0.2, 0) is 0 Å². The minimum atomic E-state index is -0.377. The molecule has 0 saturated carbocycles. The Labute approximate surface area is 114 Å². The van der Waals surface area contributed by atoms with Gasteiger partial charge in [0, 0.05) is 10.5 Å². The molecule has 0 unspecified atom stereocenters. The molecule has 2 rings (SSSR count). The molecule has 4 heteroatoms. The van der Waals surface area contributed by atoms with Gasteiger partial charge in [-0.2, -0.15) is 0 Å². The van der Waals surface area contributed by atoms with E-state index >= 15 is 0 Å². The zero-order valence-electron chi connectivity index (χ0n) is 10.3. The van der Waals surface area contributed by atoms with Gasteiger partial charge in [0.2, 0.25) is 0 Å². The first-order chi connectivity index (χ1) is 9.06. The van der Waals surface area contributed by atoms with Crippen molar-refractivity contribution in [2.45, 2.75) is 11.8 Å². The summed E-state index contributed by atoms with van der Waals surface area (Å²) in [6, 6.07) is 10.4. The molecule has 0 radical (unpaired) electrons. The number of aryl methyl sites for hydroxylation is 1. The summed E-state index contributed by atoms with van der Waals surface area (Å²) in [5.74, 6) is -0.629. The van der Waals surface area contributed by atoms with Crippen molar-refractivity contribution >= 4 is 17.5 Å². The Bertz CT molecular complexity index is 594. The predicted molar refractivity (Wildman–Crippen MR) is 72.6 cm³/mol. The second kappa shape index (κ2) is 5.97. The maximum absolute atomic E-state index is 13.3. The number of benzene rings is 2. The zero-order chi connectivity index (χ0) is 13.8. The minimum Gasteiger partial charge on any atom is -0.293 e. The third-order valence-electron chi connectivity index (χ3n) is 2.68. The van der Waals surface area contributed by atoms with Crippen LogP contribution < -0.4 is 0 Å². The normalized spacial score (nSPS) is 10.5. The lowest BCUT2D eigenvalue weighted by molar-refractivity contribution is 0.102. The fraction of sp³-hybridized carbons (Fsp3) is 0.133. The lowest BCUT2D eigenvalue weighted by Gasteiger charge is -2.03. The average molecular weight is 278 g/mol. The van der Waals surface area contributed by atoms with Gasteiger partial charge in [-0.15, -0.1) is 11.8 Å². The Balaban J connectivity index is 2.01. The molecule has 0 aliphatic rings. The van der Waals surface area contributed by atoms with Gasteiger partial charge in [-0.3, -0.25) is 4.79 Å². The Hall–Kier alpha value is -1.68. The van der Waals surface area contributed by atoms with Crippen LogP contribution in [0.4, 0.5) is 8.78 Å². The number of thioether (sulfide) groups is 1. The summed E-state index contributed by atoms with van der Waals surface area (Å²) in [5, 5.41) is 0. The molecule has 0 aliphatic heterocycles. The van der Waals surface area contributed by atoms with Crippen molar-refractivity contribution in [3.05, 3.63) is 65.2 Å². The van der Waals surface area contributed by atoms with Crippen LogP contribution in [-0.4, -0.2) is 11.5 Å². The van der Waals surface area contributed by atoms with E-state index in [0.29, 0.717) is 11.1 Å². The van der Waals surface area contributed by atoms with E-state index in [2.05, 4.69) is 0 Å². The summed E-state index contributed by atoms with van der Waals surface area (Å²) >= 11 is 1.30. The number of rotatable bonds is 4. The van der Waals surface area contributed by atoms with Crippen LogP contribution in [0.25, 0.3) is 0 Å². The minimum absolute atomic E-state index is 0.145. The van der Waals surface area contributed by atoms with Crippen molar-refractivity contribution in [2.24, 2.45) is 0 Å². The Kier molecular flexibility index (Phi) is 4.32. The van der Waals surface area contributed by atoms with E-state index in [1.165, 1.54) is 30.0 Å². The Morgan fingerprint density at radius 1 is 1.11 bits per heavy atom. The number of hydrogen-bond acceptors (Lipinski definition) is 2. The highest BCUT2D eigenvalue weighted by Crippen LogP contribution is 2.20. The summed E-state index contributed by atoms with van der Waals surface area (Å²) in [6.07, 6.45) is 0. The molecule has 0 saturated heterocycles. The molecule has 0 bridgehead atoms. The van der Waals surface area contributed by atoms with E-state index in [-0.39, 0.29) is 23.2 Å². The molecular formula is C15H12F2OS. The summed E-state index contributed by atoms with van der Waals surface area (Å²) in [4.78, 5) is 12.7. The topological polar surface area (TPSA) is 17.1 Å². The summed E-state index contributed by atoms with van der Waals surface area (Å²) in [5.41, 5.74) is 0.875. The van der Waals surface area contributed by atoms with Gasteiger partial charge in [0.25, 0.3) is 0 Å². The number of Topliss-reactive ketones (excluding diaryl/α,β-unsaturated/α-hetero) is 1. The molecule has 0 atom stereocenters. The Morgan fingerprint density at radius 3 is 2.42 bits per heavy atom. The van der Waals surface area contributed by atoms with Crippen molar-refractivity contribution < 1.29 is 13.6 Å². The fourth-order valence-corrected chi connectivity index (χ4v) is 2.32. The Morgan fingerprint density at radius 2 is 1.79 bits per heavy atom. The fourth-order valence-electron chi connectivity index (χ4n) is 1.53. The predicted octanol–water partition coefficient (Wildman–Crippen LogP) is 4.25. The average Bonchev–Trinajstić information content (AvgIpc) is 2.41. The number of hydrogen-bond donors (Lipinski definition) is 0. The molecule has 19 heavy (non-hydrogen) atoms. The number of halogens is 2. The van der Waals surface area contributed by atoms with Crippen LogP contribution in [0.2, 0.25) is 0 Å². The molecule has 0 aromatic heterocycles. The van der Waals surface area contributed by atoms with Crippen LogP contribution in [0.3, 0.4) is 0 Å². The summed E-state index contributed by atoms with van der Waals surface area (Å²) < 4.78 is 26.1. The molecule has 98 valence electrons. The maximum Gasteiger partial charge on any atom is 0.173 e. The van der Waals surface area contributed by atoms with E-state index in [4.69, 9.17) is 0 Å². The molecule has 2 aromatic rings. The van der Waals surface area contributed by atoms with E-state index in [9.17, 15) is 13.6 Å². The highest BCUT2D eigenvalue weighted by atomic mass is 32.2. The van der Waals surface area contributed by atoms with Gasteiger partial charge in [-0.05, 0) is 42.8 Å². The third kappa shape index (κ3) is 3.64. The second-order valence-corrected chi connectivity index (χ2v) is 5.18. The molecule has 0 amide bonds. The van der Waals surface area contributed by atoms with Gasteiger partial charge in [0.1, 0.15) is 11.6 Å². The van der Waals surface area contributed by atoms with E-state index in [1.54, 1.807) is 31.2 Å². The standard InChI is InChI=1S/C15H12F2OS/c1-10-2-3-11(8-14(10)17)15(18)9-19-13-6-4-12(16)5-7-13/h2-8H,9H2,1H3. The van der Waals surface area contributed by atoms with Gasteiger partial charge in [0.15, 0.2) is 5.78 Å². The summed E-state index contributed by atoms with van der Waals surface area (Å²) in [6.45, 7) is 1.65. The molecule has 0 heterocycles. The van der Waals surface area contributed by atoms with E-state index in [1.807, 2.05) is 0 Å². The molecule has 0 spiro atoms. The molecule has 1 nitrogen and oxygen atoms in total. The van der Waals surface area contributed by atoms with Crippen molar-refractivity contribution in [1.29, 1.82) is 0 Å². The number of carbonyl (C=O) groups excluding carboxylic acids is 1. The highest BCUT2D eigenvalue weighted by Gasteiger charge is 2.09. The summed E-state index contributed by atoms with van der Waals surface area (Å²) in [7, 11) is 0. The van der Waals surface area contributed by atoms with Gasteiger partial charge >= 0.3 is 0 Å². The van der Waals surface area contributed by atoms with Crippen molar-refractivity contribution in [3.8, 4) is 0 Å². The molecule has 0 fully saturated rings. The molecular weight excluding hydrogens is 266 g/mol. The van der Waals surface area contributed by atoms with Gasteiger partial charge in [-0.25, -0.2) is 8.78 Å². The van der Waals surface area contributed by atoms with Crippen LogP contribution >= 0.6 is 11.8 Å². The molecule has 0 aliphatic carbocycles. The van der Waals surface area contributed by atoms with Crippen molar-refractivity contribution in [1.82, 2.24) is 0 Å². The van der Waals surface area contributed by atoms with Gasteiger partial charge in [0.05, 0.1) is 5.75 Å². The molecule has 0 N–H and O–H groups in total. The lowest BCUT2D eigenvalue weighted by atomic mass is 10.1. The van der Waals surface area contributed by atoms with Crippen molar-refractivity contribution in [2.75, 3.05) is 5.75 Å². The first-order valence-corrected chi connectivity index (χ1v) is 6.72. The first-order valence-electron chi connectivity index (χ1n) is 5.74. The highest BCUT2D eigenvalue weighted by molar-refractivity contribution is 8.00. The van der Waals surface area contributed by atoms with Gasteiger partial charge < -0.3 is 0 Å². The van der Waals surface area contributed by atoms with Crippen LogP contribution in [0.15, 0.2) is 47.4 Å². The van der Waals surface area contributed by atoms with E-state index in [0.717, 1.165) is 4.90 Å². The number of carbonyl (C=O) groups is 1. The van der Waals surface area contributed by atoms with Crippen LogP contribution in [0.5, 0.6) is 0 Å².